The number of ether oxygens (including phenoxy) is 4. The normalized spacial score (nSPS) is 27.1. The van der Waals surface area contributed by atoms with E-state index in [0.717, 1.165) is 6.07 Å². The first-order chi connectivity index (χ1) is 16.7. The van der Waals surface area contributed by atoms with Crippen molar-refractivity contribution in [1.82, 2.24) is 0 Å². The van der Waals surface area contributed by atoms with E-state index in [1.807, 2.05) is 0 Å². The van der Waals surface area contributed by atoms with Crippen LogP contribution < -0.4 is 14.2 Å². The van der Waals surface area contributed by atoms with Crippen molar-refractivity contribution in [2.45, 2.75) is 49.0 Å². The van der Waals surface area contributed by atoms with Gasteiger partial charge in [0.25, 0.3) is 0 Å². The number of aromatic hydroxyl groups is 1. The van der Waals surface area contributed by atoms with Crippen LogP contribution >= 0.6 is 0 Å². The van der Waals surface area contributed by atoms with Crippen LogP contribution in [0.25, 0.3) is 0 Å². The zero-order valence-corrected chi connectivity index (χ0v) is 19.0. The minimum absolute atomic E-state index is 0.183. The molecule has 8 N–H and O–H groups in total. The highest BCUT2D eigenvalue weighted by atomic mass is 16.7. The van der Waals surface area contributed by atoms with E-state index in [-0.39, 0.29) is 22.8 Å². The molecule has 0 bridgehead atoms. The van der Waals surface area contributed by atoms with Crippen molar-refractivity contribution >= 4 is 0 Å². The molecule has 3 rings (SSSR count). The fourth-order valence-corrected chi connectivity index (χ4v) is 3.87. The third kappa shape index (κ3) is 5.29. The highest BCUT2D eigenvalue weighted by Crippen LogP contribution is 2.49. The summed E-state index contributed by atoms with van der Waals surface area (Å²) in [5.41, 5.74) is 0.0139. The van der Waals surface area contributed by atoms with E-state index < -0.39 is 61.4 Å². The highest BCUT2D eigenvalue weighted by molar-refractivity contribution is 5.62. The zero-order chi connectivity index (χ0) is 25.9. The number of aliphatic hydroxyl groups is 7. The molecular weight excluding hydrogens is 468 g/mol. The number of aliphatic hydroxyl groups excluding tert-OH is 7. The molecule has 8 unspecified atom stereocenters. The Morgan fingerprint density at radius 1 is 0.886 bits per heavy atom. The predicted octanol–water partition coefficient (Wildman–Crippen LogP) is -1.28. The fraction of sp³-hybridized carbons (Fsp3) is 0.478. The van der Waals surface area contributed by atoms with Gasteiger partial charge in [-0.1, -0.05) is 30.3 Å². The molecule has 0 spiro atoms. The molecule has 35 heavy (non-hydrogen) atoms. The molecule has 8 atom stereocenters. The molecule has 12 heteroatoms. The lowest BCUT2D eigenvalue weighted by Crippen LogP contribution is -2.60. The van der Waals surface area contributed by atoms with Gasteiger partial charge in [-0.3, -0.25) is 0 Å². The van der Waals surface area contributed by atoms with Crippen LogP contribution in [-0.4, -0.2) is 98.5 Å². The Bertz CT molecular complexity index is 969. The number of methoxy groups -OCH3 is 2. The summed E-state index contributed by atoms with van der Waals surface area (Å²) in [6.45, 7) is -0.677. The van der Waals surface area contributed by atoms with Gasteiger partial charge in [0.15, 0.2) is 11.5 Å². The van der Waals surface area contributed by atoms with Crippen LogP contribution in [0.5, 0.6) is 23.0 Å². The molecule has 1 heterocycles. The standard InChI is InChI=1S/C23H30O12/c1-32-21-12(34-23-20(31)19(30)16(27)13(9-24)35-23)8-11(25)14(22(21)33-2)17(28)18(29)15(26)10-6-4-3-5-7-10/h3-8,13,15-20,23-31H,9H2,1-2H3. The Morgan fingerprint density at radius 3 is 2.09 bits per heavy atom. The minimum Gasteiger partial charge on any atom is -0.507 e. The molecule has 0 aliphatic carbocycles. The van der Waals surface area contributed by atoms with Crippen LogP contribution in [0.15, 0.2) is 36.4 Å². The summed E-state index contributed by atoms with van der Waals surface area (Å²) >= 11 is 0. The molecule has 1 aliphatic heterocycles. The van der Waals surface area contributed by atoms with Crippen molar-refractivity contribution in [2.24, 2.45) is 0 Å². The van der Waals surface area contributed by atoms with Gasteiger partial charge in [-0.2, -0.15) is 0 Å². The number of rotatable bonds is 9. The molecule has 1 fully saturated rings. The topological polar surface area (TPSA) is 199 Å². The van der Waals surface area contributed by atoms with Crippen LogP contribution in [0, 0.1) is 0 Å². The third-order valence-corrected chi connectivity index (χ3v) is 5.80. The van der Waals surface area contributed by atoms with Crippen molar-refractivity contribution < 1.29 is 59.8 Å². The van der Waals surface area contributed by atoms with E-state index in [2.05, 4.69) is 0 Å². The molecule has 1 saturated heterocycles. The summed E-state index contributed by atoms with van der Waals surface area (Å²) in [5, 5.41) is 82.2. The van der Waals surface area contributed by atoms with E-state index in [0.29, 0.717) is 5.56 Å². The first-order valence-corrected chi connectivity index (χ1v) is 10.7. The molecule has 0 radical (unpaired) electrons. The summed E-state index contributed by atoms with van der Waals surface area (Å²) < 4.78 is 21.5. The maximum atomic E-state index is 10.8. The fourth-order valence-electron chi connectivity index (χ4n) is 3.87. The van der Waals surface area contributed by atoms with Gasteiger partial charge < -0.3 is 59.8 Å². The molecule has 0 saturated carbocycles. The summed E-state index contributed by atoms with van der Waals surface area (Å²) in [6, 6.07) is 9.09. The van der Waals surface area contributed by atoms with Crippen molar-refractivity contribution in [3.63, 3.8) is 0 Å². The van der Waals surface area contributed by atoms with E-state index in [1.54, 1.807) is 30.3 Å². The maximum absolute atomic E-state index is 10.8. The quantitative estimate of drug-likeness (QED) is 0.204. The second-order valence-corrected chi connectivity index (χ2v) is 7.98. The lowest BCUT2D eigenvalue weighted by atomic mass is 9.94. The Labute approximate surface area is 200 Å². The van der Waals surface area contributed by atoms with Crippen molar-refractivity contribution in [3.05, 3.63) is 47.5 Å². The molecule has 12 nitrogen and oxygen atoms in total. The second kappa shape index (κ2) is 11.4. The predicted molar refractivity (Wildman–Crippen MR) is 118 cm³/mol. The van der Waals surface area contributed by atoms with Gasteiger partial charge in [0.1, 0.15) is 48.5 Å². The van der Waals surface area contributed by atoms with Gasteiger partial charge in [0.05, 0.1) is 26.4 Å². The number of hydrogen-bond acceptors (Lipinski definition) is 12. The lowest BCUT2D eigenvalue weighted by molar-refractivity contribution is -0.277. The summed E-state index contributed by atoms with van der Waals surface area (Å²) in [5.74, 6) is -1.30. The molecule has 0 amide bonds. The summed E-state index contributed by atoms with van der Waals surface area (Å²) in [7, 11) is 2.42. The van der Waals surface area contributed by atoms with E-state index in [1.165, 1.54) is 14.2 Å². The third-order valence-electron chi connectivity index (χ3n) is 5.80. The second-order valence-electron chi connectivity index (χ2n) is 7.98. The molecule has 1 aliphatic rings. The number of phenolic OH excluding ortho intramolecular Hbond substituents is 1. The Morgan fingerprint density at radius 2 is 1.51 bits per heavy atom. The minimum atomic E-state index is -1.84. The Hall–Kier alpha value is -2.68. The van der Waals surface area contributed by atoms with Crippen LogP contribution in [0.4, 0.5) is 0 Å². The number of benzene rings is 2. The number of hydrogen-bond donors (Lipinski definition) is 8. The molecule has 194 valence electrons. The van der Waals surface area contributed by atoms with Gasteiger partial charge in [0.2, 0.25) is 12.0 Å². The molecular formula is C23H30O12. The van der Waals surface area contributed by atoms with Crippen LogP contribution in [0.2, 0.25) is 0 Å². The van der Waals surface area contributed by atoms with E-state index in [9.17, 15) is 40.9 Å². The zero-order valence-electron chi connectivity index (χ0n) is 19.0. The highest BCUT2D eigenvalue weighted by Gasteiger charge is 2.45. The summed E-state index contributed by atoms with van der Waals surface area (Å²) in [6.07, 6.45) is -13.0. The molecule has 2 aromatic carbocycles. The monoisotopic (exact) mass is 498 g/mol. The average Bonchev–Trinajstić information content (AvgIpc) is 2.87. The maximum Gasteiger partial charge on any atom is 0.229 e. The first kappa shape index (κ1) is 26.9. The average molecular weight is 498 g/mol. The van der Waals surface area contributed by atoms with E-state index >= 15 is 0 Å². The van der Waals surface area contributed by atoms with Crippen LogP contribution in [0.3, 0.4) is 0 Å². The van der Waals surface area contributed by atoms with Gasteiger partial charge in [-0.25, -0.2) is 0 Å². The van der Waals surface area contributed by atoms with Crippen LogP contribution in [0.1, 0.15) is 23.3 Å². The summed E-state index contributed by atoms with van der Waals surface area (Å²) in [4.78, 5) is 0. The van der Waals surface area contributed by atoms with Gasteiger partial charge in [-0.15, -0.1) is 0 Å². The van der Waals surface area contributed by atoms with Gasteiger partial charge >= 0.3 is 0 Å². The van der Waals surface area contributed by atoms with E-state index in [4.69, 9.17) is 18.9 Å². The molecule has 0 aromatic heterocycles. The largest absolute Gasteiger partial charge is 0.507 e. The Balaban J connectivity index is 1.95. The first-order valence-electron chi connectivity index (χ1n) is 10.7. The number of phenols is 1. The van der Waals surface area contributed by atoms with Crippen LogP contribution in [-0.2, 0) is 4.74 Å². The Kier molecular flexibility index (Phi) is 8.74. The van der Waals surface area contributed by atoms with Gasteiger partial charge in [-0.05, 0) is 5.56 Å². The van der Waals surface area contributed by atoms with Crippen molar-refractivity contribution in [3.8, 4) is 23.0 Å². The SMILES string of the molecule is COc1c(OC2OC(CO)C(O)C(O)C2O)cc(O)c(C(O)C(O)C(O)c2ccccc2)c1OC. The smallest absolute Gasteiger partial charge is 0.229 e. The van der Waals surface area contributed by atoms with Crippen molar-refractivity contribution in [2.75, 3.05) is 20.8 Å². The molecule has 2 aromatic rings. The van der Waals surface area contributed by atoms with Gasteiger partial charge in [0, 0.05) is 6.07 Å². The van der Waals surface area contributed by atoms with Crippen molar-refractivity contribution in [1.29, 1.82) is 0 Å². The lowest BCUT2D eigenvalue weighted by Gasteiger charge is -2.39.